The van der Waals surface area contributed by atoms with Gasteiger partial charge in [0.25, 0.3) is 0 Å². The zero-order valence-corrected chi connectivity index (χ0v) is 28.5. The predicted octanol–water partition coefficient (Wildman–Crippen LogP) is 10.7. The molecule has 3 saturated carbocycles. The van der Waals surface area contributed by atoms with Crippen LogP contribution in [0.15, 0.2) is 36.0 Å². The van der Waals surface area contributed by atoms with Crippen LogP contribution in [-0.2, 0) is 0 Å². The van der Waals surface area contributed by atoms with E-state index in [1.165, 1.54) is 63.9 Å². The van der Waals surface area contributed by atoms with E-state index >= 15 is 0 Å². The topological polar surface area (TPSA) is 49.8 Å². The molecule has 0 radical (unpaired) electrons. The minimum absolute atomic E-state index is 0.0602. The molecule has 40 heavy (non-hydrogen) atoms. The third-order valence-electron chi connectivity index (χ3n) is 13.0. The maximum atomic E-state index is 7.58. The van der Waals surface area contributed by atoms with Crippen LogP contribution in [0, 0.1) is 68.0 Å². The van der Waals surface area contributed by atoms with Crippen LogP contribution in [0.3, 0.4) is 0 Å². The molecular weight excluding hydrogens is 484 g/mol. The Hall–Kier alpha value is -1.33. The minimum atomic E-state index is -0.0602. The van der Waals surface area contributed by atoms with Gasteiger partial charge in [-0.25, -0.2) is 0 Å². The molecular formula is C38H64N2. The fourth-order valence-electron chi connectivity index (χ4n) is 11.2. The van der Waals surface area contributed by atoms with Crippen molar-refractivity contribution in [3.8, 4) is 6.07 Å². The molecule has 5 rings (SSSR count). The highest BCUT2D eigenvalue weighted by Gasteiger charge is 2.65. The van der Waals surface area contributed by atoms with Gasteiger partial charge in [0.05, 0.1) is 6.07 Å². The van der Waals surface area contributed by atoms with Crippen LogP contribution in [-0.4, -0.2) is 5.54 Å². The van der Waals surface area contributed by atoms with Crippen molar-refractivity contribution in [3.63, 3.8) is 0 Å². The van der Waals surface area contributed by atoms with E-state index in [4.69, 9.17) is 17.6 Å². The zero-order chi connectivity index (χ0) is 30.5. The van der Waals surface area contributed by atoms with Gasteiger partial charge in [-0.1, -0.05) is 112 Å². The van der Waals surface area contributed by atoms with Crippen molar-refractivity contribution < 1.29 is 0 Å². The van der Waals surface area contributed by atoms with Crippen LogP contribution in [0.1, 0.15) is 134 Å². The van der Waals surface area contributed by atoms with Gasteiger partial charge in [0.2, 0.25) is 0 Å². The normalized spacial score (nSPS) is 44.4. The molecule has 0 amide bonds. The molecule has 0 aliphatic heterocycles. The van der Waals surface area contributed by atoms with Gasteiger partial charge in [-0.05, 0) is 108 Å². The Bertz CT molecular complexity index is 1050. The third-order valence-corrected chi connectivity index (χ3v) is 13.0. The lowest BCUT2D eigenvalue weighted by Crippen LogP contribution is -2.64. The van der Waals surface area contributed by atoms with Gasteiger partial charge in [-0.15, -0.1) is 0 Å². The molecule has 2 nitrogen and oxygen atoms in total. The van der Waals surface area contributed by atoms with E-state index < -0.39 is 0 Å². The number of hydrogen-bond donors (Lipinski definition) is 1. The first-order valence-electron chi connectivity index (χ1n) is 16.6. The largest absolute Gasteiger partial charge is 0.325 e. The van der Waals surface area contributed by atoms with Crippen LogP contribution >= 0.6 is 0 Å². The van der Waals surface area contributed by atoms with Crippen LogP contribution in [0.5, 0.6) is 0 Å². The highest BCUT2D eigenvalue weighted by molar-refractivity contribution is 5.43. The number of fused-ring (bicyclic) bond motifs is 7. The molecule has 5 aliphatic rings. The number of hydrogen-bond acceptors (Lipinski definition) is 2. The molecule has 0 saturated heterocycles. The first-order chi connectivity index (χ1) is 18.4. The fraction of sp³-hybridized carbons (Fsp3) is 0.816. The number of nitriles is 1. The summed E-state index contributed by atoms with van der Waals surface area (Å²) < 4.78 is 0. The van der Waals surface area contributed by atoms with Crippen molar-refractivity contribution >= 4 is 0 Å². The lowest BCUT2D eigenvalue weighted by molar-refractivity contribution is -0.0883. The van der Waals surface area contributed by atoms with Gasteiger partial charge in [0.1, 0.15) is 0 Å². The highest BCUT2D eigenvalue weighted by Crippen LogP contribution is 2.71. The average Bonchev–Trinajstić information content (AvgIpc) is 2.93. The van der Waals surface area contributed by atoms with E-state index in [0.29, 0.717) is 29.1 Å². The number of rotatable bonds is 1. The third kappa shape index (κ3) is 5.10. The van der Waals surface area contributed by atoms with E-state index in [1.54, 1.807) is 11.6 Å². The van der Waals surface area contributed by atoms with Crippen LogP contribution < -0.4 is 5.73 Å². The summed E-state index contributed by atoms with van der Waals surface area (Å²) in [6.07, 6.45) is 17.7. The molecule has 0 heterocycles. The molecule has 0 spiro atoms. The monoisotopic (exact) mass is 549 g/mol. The summed E-state index contributed by atoms with van der Waals surface area (Å²) in [6, 6.07) is 1.75. The van der Waals surface area contributed by atoms with Crippen molar-refractivity contribution in [2.45, 2.75) is 140 Å². The molecule has 5 aliphatic carbocycles. The van der Waals surface area contributed by atoms with Crippen molar-refractivity contribution in [2.24, 2.45) is 62.4 Å². The Kier molecular flexibility index (Phi) is 9.17. The Balaban J connectivity index is 0.000000827. The lowest BCUT2D eigenvalue weighted by Gasteiger charge is -2.66. The van der Waals surface area contributed by atoms with Gasteiger partial charge in [-0.3, -0.25) is 0 Å². The van der Waals surface area contributed by atoms with Gasteiger partial charge in [-0.2, -0.15) is 5.26 Å². The maximum absolute atomic E-state index is 7.58. The molecule has 226 valence electrons. The van der Waals surface area contributed by atoms with Crippen molar-refractivity contribution in [1.29, 1.82) is 5.26 Å². The Labute approximate surface area is 249 Å². The molecule has 0 aromatic carbocycles. The number of nitrogens with zero attached hydrogens (tertiary/aromatic N) is 1. The van der Waals surface area contributed by atoms with Gasteiger partial charge in [0.15, 0.2) is 0 Å². The fourth-order valence-corrected chi connectivity index (χ4v) is 11.2. The Morgan fingerprint density at radius 1 is 0.950 bits per heavy atom. The first-order valence-corrected chi connectivity index (χ1v) is 16.6. The summed E-state index contributed by atoms with van der Waals surface area (Å²) in [5, 5.41) is 7.32. The van der Waals surface area contributed by atoms with Crippen molar-refractivity contribution in [1.82, 2.24) is 0 Å². The molecule has 2 N–H and O–H groups in total. The SMILES string of the molecule is C=C1C=C2C(C)(CCC3C(C)(C)C=CCC23C)C2CCC3(N)CCC(C)(C)CC(C)(C(C)C)C3C12.CC.CC#N. The van der Waals surface area contributed by atoms with E-state index in [1.807, 2.05) is 13.8 Å². The standard InChI is InChI=1S/C34H55N.C2H3N.C2H6/c1-22(2)33(10)21-29(4,5)18-19-34(35)17-12-24-27(28(33)34)23(3)20-26-31(24,8)16-13-25-30(6,7)14-11-15-32(25,26)9;1-2-3;1-2/h11,14,20,22,24-25,27-28H,3,12-13,15-19,21,35H2,1-2,4-10H3;1H3;1-2H3. The molecule has 0 aromatic rings. The zero-order valence-electron chi connectivity index (χ0n) is 28.5. The summed E-state index contributed by atoms with van der Waals surface area (Å²) in [6.45, 7) is 33.1. The van der Waals surface area contributed by atoms with Gasteiger partial charge < -0.3 is 5.73 Å². The minimum Gasteiger partial charge on any atom is -0.325 e. The van der Waals surface area contributed by atoms with Gasteiger partial charge in [0, 0.05) is 12.5 Å². The Morgan fingerprint density at radius 2 is 1.55 bits per heavy atom. The summed E-state index contributed by atoms with van der Waals surface area (Å²) >= 11 is 0. The van der Waals surface area contributed by atoms with Crippen LogP contribution in [0.2, 0.25) is 0 Å². The molecule has 2 heteroatoms. The Morgan fingerprint density at radius 3 is 2.12 bits per heavy atom. The predicted molar refractivity (Wildman–Crippen MR) is 174 cm³/mol. The van der Waals surface area contributed by atoms with Crippen molar-refractivity contribution in [2.75, 3.05) is 0 Å². The molecule has 3 fully saturated rings. The summed E-state index contributed by atoms with van der Waals surface area (Å²) in [5.74, 6) is 3.07. The smallest absolute Gasteiger partial charge is 0.0587 e. The average molecular weight is 549 g/mol. The van der Waals surface area contributed by atoms with Crippen LogP contribution in [0.4, 0.5) is 0 Å². The van der Waals surface area contributed by atoms with E-state index in [-0.39, 0.29) is 27.2 Å². The second-order valence-corrected chi connectivity index (χ2v) is 16.6. The van der Waals surface area contributed by atoms with Gasteiger partial charge >= 0.3 is 0 Å². The highest BCUT2D eigenvalue weighted by atomic mass is 14.8. The molecule has 0 bridgehead atoms. The number of allylic oxidation sites excluding steroid dienone is 5. The van der Waals surface area contributed by atoms with Crippen LogP contribution in [0.25, 0.3) is 0 Å². The number of nitrogens with two attached hydrogens (primary N) is 1. The second-order valence-electron chi connectivity index (χ2n) is 16.6. The maximum Gasteiger partial charge on any atom is 0.0587 e. The first kappa shape index (κ1) is 33.2. The van der Waals surface area contributed by atoms with E-state index in [9.17, 15) is 0 Å². The summed E-state index contributed by atoms with van der Waals surface area (Å²) in [7, 11) is 0. The molecule has 0 aromatic heterocycles. The lowest BCUT2D eigenvalue weighted by atomic mass is 9.38. The van der Waals surface area contributed by atoms with Crippen molar-refractivity contribution in [3.05, 3.63) is 36.0 Å². The van der Waals surface area contributed by atoms with E-state index in [2.05, 4.69) is 80.5 Å². The quantitative estimate of drug-likeness (QED) is 0.331. The molecule has 8 atom stereocenters. The summed E-state index contributed by atoms with van der Waals surface area (Å²) in [5.41, 5.74) is 12.1. The second kappa shape index (κ2) is 11.1. The summed E-state index contributed by atoms with van der Waals surface area (Å²) in [4.78, 5) is 0. The molecule has 8 unspecified atom stereocenters. The van der Waals surface area contributed by atoms with E-state index in [0.717, 1.165) is 5.92 Å².